The monoisotopic (exact) mass is 280 g/mol. The van der Waals surface area contributed by atoms with Gasteiger partial charge in [-0.3, -0.25) is 0 Å². The number of hydrogen-bond donors (Lipinski definition) is 1. The van der Waals surface area contributed by atoms with E-state index in [2.05, 4.69) is 19.1 Å². The van der Waals surface area contributed by atoms with E-state index in [4.69, 9.17) is 15.7 Å². The minimum Gasteiger partial charge on any atom is -0.494 e. The predicted molar refractivity (Wildman–Crippen MR) is 85.4 cm³/mol. The van der Waals surface area contributed by atoms with Crippen LogP contribution in [0, 0.1) is 11.3 Å². The largest absolute Gasteiger partial charge is 0.494 e. The molecule has 1 aromatic rings. The van der Waals surface area contributed by atoms with E-state index in [1.54, 1.807) is 6.08 Å². The van der Waals surface area contributed by atoms with Gasteiger partial charge in [0.2, 0.25) is 0 Å². The van der Waals surface area contributed by atoms with Gasteiger partial charge in [0.15, 0.2) is 0 Å². The molecule has 0 heterocycles. The lowest BCUT2D eigenvalue weighted by atomic mass is 9.98. The van der Waals surface area contributed by atoms with Crippen molar-refractivity contribution in [3.8, 4) is 11.8 Å². The van der Waals surface area contributed by atoms with Gasteiger partial charge in [-0.2, -0.15) is 5.26 Å². The summed E-state index contributed by atoms with van der Waals surface area (Å²) in [5.74, 6) is 0.899. The zero-order valence-electron chi connectivity index (χ0n) is 12.3. The van der Waals surface area contributed by atoms with Crippen molar-refractivity contribution < 1.29 is 4.74 Å². The first-order chi connectivity index (χ1) is 10.2. The molecule has 1 aliphatic rings. The summed E-state index contributed by atoms with van der Waals surface area (Å²) >= 11 is 0. The van der Waals surface area contributed by atoms with Crippen molar-refractivity contribution in [2.24, 2.45) is 5.73 Å². The number of ether oxygens (including phenoxy) is 1. The van der Waals surface area contributed by atoms with Gasteiger partial charge in [-0.1, -0.05) is 37.6 Å². The molecule has 0 radical (unpaired) electrons. The van der Waals surface area contributed by atoms with Crippen LogP contribution in [-0.4, -0.2) is 6.61 Å². The van der Waals surface area contributed by atoms with E-state index in [9.17, 15) is 0 Å². The second kappa shape index (κ2) is 7.35. The summed E-state index contributed by atoms with van der Waals surface area (Å²) in [4.78, 5) is 0. The first-order valence-corrected chi connectivity index (χ1v) is 7.23. The first-order valence-electron chi connectivity index (χ1n) is 7.23. The maximum Gasteiger partial charge on any atom is 0.119 e. The highest BCUT2D eigenvalue weighted by atomic mass is 16.5. The molecule has 3 nitrogen and oxygen atoms in total. The van der Waals surface area contributed by atoms with Gasteiger partial charge in [0, 0.05) is 12.1 Å². The normalized spacial score (nSPS) is 16.1. The van der Waals surface area contributed by atoms with Crippen molar-refractivity contribution in [1.82, 2.24) is 0 Å². The second-order valence-electron chi connectivity index (χ2n) is 5.05. The second-order valence-corrected chi connectivity index (χ2v) is 5.05. The SMILES string of the molecule is CCCCOc1ccc(C=C2C=CC(C#N)=C(N)C2)cc1. The van der Waals surface area contributed by atoms with Crippen molar-refractivity contribution >= 4 is 6.08 Å². The van der Waals surface area contributed by atoms with Crippen molar-refractivity contribution in [2.45, 2.75) is 26.2 Å². The summed E-state index contributed by atoms with van der Waals surface area (Å²) in [5, 5.41) is 8.88. The Morgan fingerprint density at radius 1 is 1.29 bits per heavy atom. The Hall–Kier alpha value is -2.47. The van der Waals surface area contributed by atoms with Crippen molar-refractivity contribution in [2.75, 3.05) is 6.61 Å². The van der Waals surface area contributed by atoms with Crippen LogP contribution in [0.5, 0.6) is 5.75 Å². The third-order valence-electron chi connectivity index (χ3n) is 3.32. The third-order valence-corrected chi connectivity index (χ3v) is 3.32. The van der Waals surface area contributed by atoms with E-state index in [1.807, 2.05) is 30.3 Å². The molecule has 0 fully saturated rings. The van der Waals surface area contributed by atoms with E-state index >= 15 is 0 Å². The smallest absolute Gasteiger partial charge is 0.119 e. The summed E-state index contributed by atoms with van der Waals surface area (Å²) < 4.78 is 5.64. The molecule has 0 bridgehead atoms. The zero-order valence-corrected chi connectivity index (χ0v) is 12.3. The number of nitrogens with two attached hydrogens (primary N) is 1. The van der Waals surface area contributed by atoms with Crippen LogP contribution in [0.4, 0.5) is 0 Å². The fourth-order valence-corrected chi connectivity index (χ4v) is 2.09. The van der Waals surface area contributed by atoms with Gasteiger partial charge in [0.1, 0.15) is 11.8 Å². The lowest BCUT2D eigenvalue weighted by molar-refractivity contribution is 0.309. The average molecular weight is 280 g/mol. The van der Waals surface area contributed by atoms with Gasteiger partial charge < -0.3 is 10.5 Å². The van der Waals surface area contributed by atoms with Gasteiger partial charge >= 0.3 is 0 Å². The van der Waals surface area contributed by atoms with E-state index in [-0.39, 0.29) is 0 Å². The molecular formula is C18H20N2O. The molecule has 0 unspecified atom stereocenters. The molecule has 1 aromatic carbocycles. The molecule has 0 spiro atoms. The topological polar surface area (TPSA) is 59.0 Å². The van der Waals surface area contributed by atoms with E-state index in [1.165, 1.54) is 0 Å². The quantitative estimate of drug-likeness (QED) is 0.831. The number of allylic oxidation sites excluding steroid dienone is 4. The van der Waals surface area contributed by atoms with Crippen LogP contribution in [0.25, 0.3) is 6.08 Å². The molecule has 1 aliphatic carbocycles. The van der Waals surface area contributed by atoms with Crippen molar-refractivity contribution in [3.05, 3.63) is 58.8 Å². The maximum absolute atomic E-state index is 8.88. The van der Waals surface area contributed by atoms with Crippen LogP contribution in [0.3, 0.4) is 0 Å². The minimum absolute atomic E-state index is 0.562. The Bertz CT molecular complexity index is 616. The van der Waals surface area contributed by atoms with Gasteiger partial charge in [-0.05, 0) is 35.8 Å². The Morgan fingerprint density at radius 2 is 2.05 bits per heavy atom. The Labute approximate surface area is 126 Å². The van der Waals surface area contributed by atoms with Crippen LogP contribution < -0.4 is 10.5 Å². The molecule has 3 heteroatoms. The fraction of sp³-hybridized carbons (Fsp3) is 0.278. The predicted octanol–water partition coefficient (Wildman–Crippen LogP) is 3.95. The first kappa shape index (κ1) is 14.9. The highest BCUT2D eigenvalue weighted by Gasteiger charge is 2.07. The number of nitrogens with zero attached hydrogens (tertiary/aromatic N) is 1. The molecule has 0 saturated heterocycles. The number of unbranched alkanes of at least 4 members (excludes halogenated alkanes) is 1. The maximum atomic E-state index is 8.88. The van der Waals surface area contributed by atoms with Gasteiger partial charge in [-0.25, -0.2) is 0 Å². The number of nitriles is 1. The van der Waals surface area contributed by atoms with Crippen LogP contribution in [0.1, 0.15) is 31.7 Å². The molecule has 0 saturated carbocycles. The average Bonchev–Trinajstić information content (AvgIpc) is 2.49. The molecule has 2 rings (SSSR count). The lowest BCUT2D eigenvalue weighted by Gasteiger charge is -2.10. The van der Waals surface area contributed by atoms with Gasteiger partial charge in [-0.15, -0.1) is 0 Å². The molecule has 0 atom stereocenters. The Balaban J connectivity index is 2.01. The van der Waals surface area contributed by atoms with Crippen molar-refractivity contribution in [1.29, 1.82) is 5.26 Å². The highest BCUT2D eigenvalue weighted by molar-refractivity contribution is 5.60. The molecule has 21 heavy (non-hydrogen) atoms. The summed E-state index contributed by atoms with van der Waals surface area (Å²) in [6, 6.07) is 10.1. The zero-order chi connectivity index (χ0) is 15.1. The molecule has 0 aromatic heterocycles. The Kier molecular flexibility index (Phi) is 5.22. The van der Waals surface area contributed by atoms with E-state index in [0.29, 0.717) is 17.7 Å². The fourth-order valence-electron chi connectivity index (χ4n) is 2.09. The van der Waals surface area contributed by atoms with Crippen LogP contribution in [0.15, 0.2) is 53.3 Å². The number of hydrogen-bond acceptors (Lipinski definition) is 3. The molecule has 2 N–H and O–H groups in total. The van der Waals surface area contributed by atoms with Crippen LogP contribution in [-0.2, 0) is 0 Å². The summed E-state index contributed by atoms with van der Waals surface area (Å²) in [7, 11) is 0. The van der Waals surface area contributed by atoms with E-state index in [0.717, 1.165) is 36.3 Å². The van der Waals surface area contributed by atoms with E-state index < -0.39 is 0 Å². The molecule has 108 valence electrons. The van der Waals surface area contributed by atoms with Crippen molar-refractivity contribution in [3.63, 3.8) is 0 Å². The summed E-state index contributed by atoms with van der Waals surface area (Å²) in [6.45, 7) is 2.91. The minimum atomic E-state index is 0.562. The molecule has 0 aliphatic heterocycles. The van der Waals surface area contributed by atoms with Crippen LogP contribution in [0.2, 0.25) is 0 Å². The summed E-state index contributed by atoms with van der Waals surface area (Å²) in [5.41, 5.74) is 9.27. The standard InChI is InChI=1S/C18H20N2O/c1-2-3-10-21-17-8-5-14(6-9-17)11-15-4-7-16(13-19)18(20)12-15/h4-9,11H,2-3,10,12,20H2,1H3. The highest BCUT2D eigenvalue weighted by Crippen LogP contribution is 2.22. The molecule has 0 amide bonds. The van der Waals surface area contributed by atoms with Gasteiger partial charge in [0.05, 0.1) is 12.2 Å². The number of benzene rings is 1. The van der Waals surface area contributed by atoms with Gasteiger partial charge in [0.25, 0.3) is 0 Å². The van der Waals surface area contributed by atoms with Crippen LogP contribution >= 0.6 is 0 Å². The number of rotatable bonds is 5. The molecular weight excluding hydrogens is 260 g/mol. The Morgan fingerprint density at radius 3 is 2.67 bits per heavy atom. The summed E-state index contributed by atoms with van der Waals surface area (Å²) in [6.07, 6.45) is 8.62. The lowest BCUT2D eigenvalue weighted by Crippen LogP contribution is -2.05. The third kappa shape index (κ3) is 4.25.